The molecule has 17 heavy (non-hydrogen) atoms. The lowest BCUT2D eigenvalue weighted by atomic mass is 10.3. The Morgan fingerprint density at radius 3 is 2.76 bits per heavy atom. The molecule has 6 heteroatoms. The molecular weight excluding hydrogens is 251 g/mol. The third-order valence-electron chi connectivity index (χ3n) is 1.84. The number of thioether (sulfide) groups is 1. The topological polar surface area (TPSA) is 21.3 Å². The van der Waals surface area contributed by atoms with Crippen LogP contribution in [0.2, 0.25) is 0 Å². The monoisotopic (exact) mass is 265 g/mol. The number of nitrogens with one attached hydrogen (secondary N) is 1. The second-order valence-electron chi connectivity index (χ2n) is 3.18. The van der Waals surface area contributed by atoms with Crippen molar-refractivity contribution >= 4 is 17.4 Å². The number of hydrogen-bond donors (Lipinski definition) is 1. The van der Waals surface area contributed by atoms with E-state index in [1.165, 1.54) is 0 Å². The summed E-state index contributed by atoms with van der Waals surface area (Å²) in [6.45, 7) is 2.70. The van der Waals surface area contributed by atoms with Crippen LogP contribution in [-0.4, -0.2) is 24.4 Å². The SMILES string of the molecule is CCOc1cccc(NCCSC(F)(F)F)c1. The standard InChI is InChI=1S/C11H14F3NOS/c1-2-16-10-5-3-4-9(8-10)15-6-7-17-11(12,13)14/h3-5,8,15H,2,6-7H2,1H3. The largest absolute Gasteiger partial charge is 0.494 e. The molecule has 0 fully saturated rings. The third-order valence-corrected chi connectivity index (χ3v) is 2.58. The maximum atomic E-state index is 11.9. The van der Waals surface area contributed by atoms with Crippen LogP contribution in [0.3, 0.4) is 0 Å². The first kappa shape index (κ1) is 14.0. The van der Waals surface area contributed by atoms with Gasteiger partial charge in [0.1, 0.15) is 5.75 Å². The van der Waals surface area contributed by atoms with E-state index in [-0.39, 0.29) is 24.1 Å². The molecule has 0 unspecified atom stereocenters. The Morgan fingerprint density at radius 2 is 2.12 bits per heavy atom. The predicted molar refractivity (Wildman–Crippen MR) is 64.6 cm³/mol. The maximum absolute atomic E-state index is 11.9. The summed E-state index contributed by atoms with van der Waals surface area (Å²) in [5.74, 6) is 0.698. The molecule has 0 aliphatic rings. The minimum atomic E-state index is -4.16. The zero-order valence-corrected chi connectivity index (χ0v) is 10.2. The van der Waals surface area contributed by atoms with Crippen LogP contribution in [0.15, 0.2) is 24.3 Å². The molecule has 1 N–H and O–H groups in total. The van der Waals surface area contributed by atoms with Crippen LogP contribution in [0.4, 0.5) is 18.9 Å². The van der Waals surface area contributed by atoms with Crippen LogP contribution in [0.25, 0.3) is 0 Å². The first-order valence-corrected chi connectivity index (χ1v) is 6.17. The van der Waals surface area contributed by atoms with E-state index >= 15 is 0 Å². The maximum Gasteiger partial charge on any atom is 0.441 e. The highest BCUT2D eigenvalue weighted by Gasteiger charge is 2.27. The van der Waals surface area contributed by atoms with Crippen molar-refractivity contribution < 1.29 is 17.9 Å². The summed E-state index contributed by atoms with van der Waals surface area (Å²) in [6.07, 6.45) is 0. The number of halogens is 3. The van der Waals surface area contributed by atoms with Crippen LogP contribution in [-0.2, 0) is 0 Å². The van der Waals surface area contributed by atoms with Crippen molar-refractivity contribution in [2.24, 2.45) is 0 Å². The van der Waals surface area contributed by atoms with E-state index in [0.29, 0.717) is 12.4 Å². The van der Waals surface area contributed by atoms with Gasteiger partial charge in [0.15, 0.2) is 0 Å². The quantitative estimate of drug-likeness (QED) is 0.791. The Morgan fingerprint density at radius 1 is 1.35 bits per heavy atom. The van der Waals surface area contributed by atoms with Gasteiger partial charge in [-0.1, -0.05) is 6.07 Å². The van der Waals surface area contributed by atoms with Gasteiger partial charge in [-0.25, -0.2) is 0 Å². The fourth-order valence-corrected chi connectivity index (χ4v) is 1.66. The molecule has 2 nitrogen and oxygen atoms in total. The molecule has 0 radical (unpaired) electrons. The van der Waals surface area contributed by atoms with Gasteiger partial charge in [-0.15, -0.1) is 0 Å². The summed E-state index contributed by atoms with van der Waals surface area (Å²) < 4.78 is 40.9. The molecule has 0 amide bonds. The van der Waals surface area contributed by atoms with Gasteiger partial charge in [-0.05, 0) is 30.8 Å². The number of alkyl halides is 3. The van der Waals surface area contributed by atoms with Crippen molar-refractivity contribution in [1.82, 2.24) is 0 Å². The van der Waals surface area contributed by atoms with Gasteiger partial charge >= 0.3 is 5.51 Å². The zero-order valence-electron chi connectivity index (χ0n) is 9.38. The van der Waals surface area contributed by atoms with Gasteiger partial charge in [-0.3, -0.25) is 0 Å². The van der Waals surface area contributed by atoms with E-state index in [4.69, 9.17) is 4.74 Å². The van der Waals surface area contributed by atoms with Crippen LogP contribution in [0.5, 0.6) is 5.75 Å². The number of anilines is 1. The smallest absolute Gasteiger partial charge is 0.441 e. The van der Waals surface area contributed by atoms with E-state index < -0.39 is 5.51 Å². The Balaban J connectivity index is 2.34. The molecule has 0 spiro atoms. The molecule has 0 atom stereocenters. The van der Waals surface area contributed by atoms with Gasteiger partial charge < -0.3 is 10.1 Å². The van der Waals surface area contributed by atoms with E-state index in [1.807, 2.05) is 6.92 Å². The van der Waals surface area contributed by atoms with E-state index in [2.05, 4.69) is 5.32 Å². The molecule has 1 aromatic rings. The van der Waals surface area contributed by atoms with Crippen LogP contribution < -0.4 is 10.1 Å². The molecule has 0 heterocycles. The molecule has 0 saturated carbocycles. The Hall–Kier alpha value is -1.04. The lowest BCUT2D eigenvalue weighted by Gasteiger charge is -2.09. The van der Waals surface area contributed by atoms with E-state index in [1.54, 1.807) is 24.3 Å². The molecule has 0 aromatic heterocycles. The zero-order chi connectivity index (χ0) is 12.7. The number of hydrogen-bond acceptors (Lipinski definition) is 3. The van der Waals surface area contributed by atoms with E-state index in [0.717, 1.165) is 5.69 Å². The second kappa shape index (κ2) is 6.64. The van der Waals surface area contributed by atoms with Crippen molar-refractivity contribution in [3.05, 3.63) is 24.3 Å². The highest BCUT2D eigenvalue weighted by Crippen LogP contribution is 2.29. The molecule has 0 aliphatic carbocycles. The van der Waals surface area contributed by atoms with Gasteiger partial charge in [0.2, 0.25) is 0 Å². The van der Waals surface area contributed by atoms with Gasteiger partial charge in [0.25, 0.3) is 0 Å². The molecule has 96 valence electrons. The van der Waals surface area contributed by atoms with Crippen LogP contribution in [0, 0.1) is 0 Å². The average molecular weight is 265 g/mol. The Kier molecular flexibility index (Phi) is 5.47. The molecule has 1 rings (SSSR count). The number of benzene rings is 1. The van der Waals surface area contributed by atoms with Crippen molar-refractivity contribution in [3.63, 3.8) is 0 Å². The summed E-state index contributed by atoms with van der Waals surface area (Å²) in [5, 5.41) is 2.92. The summed E-state index contributed by atoms with van der Waals surface area (Å²) in [4.78, 5) is 0. The van der Waals surface area contributed by atoms with E-state index in [9.17, 15) is 13.2 Å². The second-order valence-corrected chi connectivity index (χ2v) is 4.34. The van der Waals surface area contributed by atoms with Gasteiger partial charge in [0, 0.05) is 24.1 Å². The summed E-state index contributed by atoms with van der Waals surface area (Å²) in [5.41, 5.74) is -3.40. The lowest BCUT2D eigenvalue weighted by Crippen LogP contribution is -2.09. The molecular formula is C11H14F3NOS. The fourth-order valence-electron chi connectivity index (χ4n) is 1.22. The Bertz CT molecular complexity index is 344. The highest BCUT2D eigenvalue weighted by molar-refractivity contribution is 8.00. The molecule has 0 bridgehead atoms. The summed E-state index contributed by atoms with van der Waals surface area (Å²) >= 11 is -0.0265. The first-order valence-electron chi connectivity index (χ1n) is 5.18. The highest BCUT2D eigenvalue weighted by atomic mass is 32.2. The van der Waals surface area contributed by atoms with Crippen molar-refractivity contribution in [2.75, 3.05) is 24.2 Å². The molecule has 1 aromatic carbocycles. The summed E-state index contributed by atoms with van der Waals surface area (Å²) in [7, 11) is 0. The first-order chi connectivity index (χ1) is 8.01. The lowest BCUT2D eigenvalue weighted by molar-refractivity contribution is -0.0327. The van der Waals surface area contributed by atoms with Crippen molar-refractivity contribution in [3.8, 4) is 5.75 Å². The van der Waals surface area contributed by atoms with Crippen LogP contribution >= 0.6 is 11.8 Å². The van der Waals surface area contributed by atoms with Crippen LogP contribution in [0.1, 0.15) is 6.92 Å². The Labute approximate surface area is 103 Å². The van der Waals surface area contributed by atoms with Crippen molar-refractivity contribution in [2.45, 2.75) is 12.4 Å². The normalized spacial score (nSPS) is 11.3. The fraction of sp³-hybridized carbons (Fsp3) is 0.455. The van der Waals surface area contributed by atoms with Gasteiger partial charge in [-0.2, -0.15) is 13.2 Å². The third kappa shape index (κ3) is 6.31. The number of ether oxygens (including phenoxy) is 1. The predicted octanol–water partition coefficient (Wildman–Crippen LogP) is 3.75. The molecule has 0 aliphatic heterocycles. The van der Waals surface area contributed by atoms with Gasteiger partial charge in [0.05, 0.1) is 6.61 Å². The average Bonchev–Trinajstić information content (AvgIpc) is 2.24. The van der Waals surface area contributed by atoms with Crippen molar-refractivity contribution in [1.29, 1.82) is 0 Å². The minimum absolute atomic E-state index is 0.0115. The summed E-state index contributed by atoms with van der Waals surface area (Å²) in [6, 6.07) is 7.16. The number of rotatable bonds is 6. The molecule has 0 saturated heterocycles. The minimum Gasteiger partial charge on any atom is -0.494 e.